The highest BCUT2D eigenvalue weighted by atomic mass is 16.5. The molecule has 0 saturated carbocycles. The molecule has 1 saturated heterocycles. The van der Waals surface area contributed by atoms with Crippen LogP contribution in [0.5, 0.6) is 0 Å². The first-order chi connectivity index (χ1) is 5.64. The van der Waals surface area contributed by atoms with E-state index >= 15 is 0 Å². The van der Waals surface area contributed by atoms with Gasteiger partial charge in [0.25, 0.3) is 0 Å². The summed E-state index contributed by atoms with van der Waals surface area (Å²) in [7, 11) is 0. The van der Waals surface area contributed by atoms with E-state index in [0.29, 0.717) is 0 Å². The lowest BCUT2D eigenvalue weighted by atomic mass is 9.94. The Morgan fingerprint density at radius 2 is 1.92 bits per heavy atom. The van der Waals surface area contributed by atoms with Crippen molar-refractivity contribution in [2.45, 2.75) is 13.8 Å². The van der Waals surface area contributed by atoms with Crippen molar-refractivity contribution in [1.82, 2.24) is 4.90 Å². The summed E-state index contributed by atoms with van der Waals surface area (Å²) in [4.78, 5) is 2.31. The third-order valence-corrected chi connectivity index (χ3v) is 2.15. The normalized spacial score (nSPS) is 21.2. The first-order valence-electron chi connectivity index (χ1n) is 4.52. The van der Waals surface area contributed by atoms with Gasteiger partial charge in [0, 0.05) is 25.0 Å². The molecule has 71 valence electrons. The van der Waals surface area contributed by atoms with Crippen LogP contribution >= 0.6 is 0 Å². The average Bonchev–Trinajstić information content (AvgIpc) is 2.06. The Balaban J connectivity index is 2.28. The van der Waals surface area contributed by atoms with Gasteiger partial charge in [-0.05, 0) is 0 Å². The monoisotopic (exact) mass is 172 g/mol. The zero-order chi connectivity index (χ0) is 9.03. The largest absolute Gasteiger partial charge is 0.379 e. The number of hydrogen-bond donors (Lipinski definition) is 0. The molecule has 0 aromatic rings. The van der Waals surface area contributed by atoms with Crippen molar-refractivity contribution in [3.05, 3.63) is 0 Å². The Morgan fingerprint density at radius 1 is 1.33 bits per heavy atom. The number of morpholine rings is 1. The number of ether oxygens (including phenoxy) is 1. The van der Waals surface area contributed by atoms with Crippen molar-refractivity contribution in [3.8, 4) is 0 Å². The van der Waals surface area contributed by atoms with Gasteiger partial charge >= 0.3 is 0 Å². The molecule has 0 unspecified atom stereocenters. The van der Waals surface area contributed by atoms with Crippen molar-refractivity contribution in [2.24, 2.45) is 5.41 Å². The average molecular weight is 172 g/mol. The summed E-state index contributed by atoms with van der Waals surface area (Å²) in [6, 6.07) is 0. The van der Waals surface area contributed by atoms with Crippen molar-refractivity contribution in [1.29, 1.82) is 0 Å². The molecule has 0 N–H and O–H groups in total. The molecule has 0 bridgehead atoms. The molecule has 1 fully saturated rings. The summed E-state index contributed by atoms with van der Waals surface area (Å²) in [6.45, 7) is 8.53. The fraction of sp³-hybridized carbons (Fsp3) is 1.00. The van der Waals surface area contributed by atoms with Crippen LogP contribution in [0.3, 0.4) is 0 Å². The highest BCUT2D eigenvalue weighted by Crippen LogP contribution is 2.16. The van der Waals surface area contributed by atoms with Gasteiger partial charge in [-0.25, -0.2) is 5.11 Å². The summed E-state index contributed by atoms with van der Waals surface area (Å²) in [5.74, 6) is 0. The Bertz CT molecular complexity index is 130. The van der Waals surface area contributed by atoms with Crippen molar-refractivity contribution >= 4 is 0 Å². The maximum atomic E-state index is 10.8. The third kappa shape index (κ3) is 3.09. The van der Waals surface area contributed by atoms with E-state index in [0.717, 1.165) is 32.8 Å². The van der Waals surface area contributed by atoms with Crippen molar-refractivity contribution < 1.29 is 9.84 Å². The maximum absolute atomic E-state index is 10.8. The fourth-order valence-corrected chi connectivity index (χ4v) is 1.41. The Kier molecular flexibility index (Phi) is 3.50. The molecule has 1 heterocycles. The van der Waals surface area contributed by atoms with Gasteiger partial charge in [0.15, 0.2) is 0 Å². The molecule has 0 aliphatic carbocycles. The molecule has 1 radical (unpaired) electrons. The first-order valence-corrected chi connectivity index (χ1v) is 4.52. The molecule has 0 aromatic carbocycles. The Morgan fingerprint density at radius 3 is 2.42 bits per heavy atom. The molecule has 1 aliphatic heterocycles. The number of nitrogens with zero attached hydrogens (tertiary/aromatic N) is 1. The third-order valence-electron chi connectivity index (χ3n) is 2.15. The van der Waals surface area contributed by atoms with Crippen LogP contribution in [0.1, 0.15) is 13.8 Å². The lowest BCUT2D eigenvalue weighted by Crippen LogP contribution is -2.42. The van der Waals surface area contributed by atoms with Gasteiger partial charge in [-0.1, -0.05) is 13.8 Å². The van der Waals surface area contributed by atoms with Crippen LogP contribution in [0, 0.1) is 5.41 Å². The van der Waals surface area contributed by atoms with Crippen molar-refractivity contribution in [2.75, 3.05) is 39.5 Å². The zero-order valence-electron chi connectivity index (χ0n) is 8.01. The zero-order valence-corrected chi connectivity index (χ0v) is 8.01. The molecule has 3 heteroatoms. The minimum absolute atomic E-state index is 0.00432. The van der Waals surface area contributed by atoms with Gasteiger partial charge in [0.05, 0.1) is 19.8 Å². The van der Waals surface area contributed by atoms with E-state index in [1.54, 1.807) is 0 Å². The number of rotatable bonds is 3. The number of hydrogen-bond acceptors (Lipinski definition) is 2. The molecule has 1 aliphatic rings. The lowest BCUT2D eigenvalue weighted by molar-refractivity contribution is 0.00130. The van der Waals surface area contributed by atoms with Crippen LogP contribution in [-0.4, -0.2) is 44.4 Å². The quantitative estimate of drug-likeness (QED) is 0.630. The Hall–Kier alpha value is -0.120. The van der Waals surface area contributed by atoms with E-state index in [-0.39, 0.29) is 12.0 Å². The van der Waals surface area contributed by atoms with Crippen LogP contribution in [0.2, 0.25) is 0 Å². The molecular weight excluding hydrogens is 154 g/mol. The molecule has 0 spiro atoms. The van der Waals surface area contributed by atoms with E-state index in [2.05, 4.69) is 4.90 Å². The minimum atomic E-state index is -0.0860. The standard InChI is InChI=1S/C9H18NO2/c1-9(2,8-11)7-10-3-5-12-6-4-10/h3-8H2,1-2H3. The summed E-state index contributed by atoms with van der Waals surface area (Å²) < 4.78 is 5.23. The molecular formula is C9H18NO2. The smallest absolute Gasteiger partial charge is 0.0885 e. The summed E-state index contributed by atoms with van der Waals surface area (Å²) >= 11 is 0. The highest BCUT2D eigenvalue weighted by molar-refractivity contribution is 4.74. The van der Waals surface area contributed by atoms with Crippen LogP contribution in [-0.2, 0) is 9.84 Å². The van der Waals surface area contributed by atoms with Gasteiger partial charge in [0.2, 0.25) is 0 Å². The lowest BCUT2D eigenvalue weighted by Gasteiger charge is -2.33. The van der Waals surface area contributed by atoms with Gasteiger partial charge in [-0.3, -0.25) is 4.90 Å². The highest BCUT2D eigenvalue weighted by Gasteiger charge is 2.22. The van der Waals surface area contributed by atoms with Gasteiger partial charge < -0.3 is 4.74 Å². The second-order valence-corrected chi connectivity index (χ2v) is 4.20. The first kappa shape index (κ1) is 9.96. The molecule has 0 atom stereocenters. The predicted octanol–water partition coefficient (Wildman–Crippen LogP) is 0.775. The van der Waals surface area contributed by atoms with Crippen molar-refractivity contribution in [3.63, 3.8) is 0 Å². The van der Waals surface area contributed by atoms with E-state index in [1.807, 2.05) is 13.8 Å². The van der Waals surface area contributed by atoms with E-state index in [9.17, 15) is 5.11 Å². The molecule has 1 rings (SSSR count). The Labute approximate surface area is 74.3 Å². The van der Waals surface area contributed by atoms with Crippen LogP contribution < -0.4 is 0 Å². The summed E-state index contributed by atoms with van der Waals surface area (Å²) in [6.07, 6.45) is 0. The van der Waals surface area contributed by atoms with Crippen LogP contribution in [0.4, 0.5) is 0 Å². The maximum Gasteiger partial charge on any atom is 0.0885 e. The SMILES string of the molecule is CC(C)(C[O])CN1CCOCC1. The van der Waals surface area contributed by atoms with Gasteiger partial charge in [0.1, 0.15) is 0 Å². The molecule has 3 nitrogen and oxygen atoms in total. The van der Waals surface area contributed by atoms with Gasteiger partial charge in [-0.15, -0.1) is 0 Å². The van der Waals surface area contributed by atoms with E-state index in [1.165, 1.54) is 0 Å². The molecule has 12 heavy (non-hydrogen) atoms. The van der Waals surface area contributed by atoms with Crippen LogP contribution in [0.25, 0.3) is 0 Å². The second-order valence-electron chi connectivity index (χ2n) is 4.20. The van der Waals surface area contributed by atoms with Crippen LogP contribution in [0.15, 0.2) is 0 Å². The fourth-order valence-electron chi connectivity index (χ4n) is 1.41. The summed E-state index contributed by atoms with van der Waals surface area (Å²) in [5.41, 5.74) is -0.0860. The summed E-state index contributed by atoms with van der Waals surface area (Å²) in [5, 5.41) is 10.8. The molecule has 0 amide bonds. The second kappa shape index (κ2) is 4.21. The predicted molar refractivity (Wildman–Crippen MR) is 46.6 cm³/mol. The van der Waals surface area contributed by atoms with Gasteiger partial charge in [-0.2, -0.15) is 0 Å². The molecule has 0 aromatic heterocycles. The van der Waals surface area contributed by atoms with E-state index in [4.69, 9.17) is 4.74 Å². The topological polar surface area (TPSA) is 32.4 Å². The van der Waals surface area contributed by atoms with E-state index < -0.39 is 0 Å². The minimum Gasteiger partial charge on any atom is -0.379 e.